The van der Waals surface area contributed by atoms with Crippen molar-refractivity contribution < 1.29 is 9.53 Å². The Labute approximate surface area is 126 Å². The second kappa shape index (κ2) is 11.7. The zero-order chi connectivity index (χ0) is 14.5. The zero-order valence-corrected chi connectivity index (χ0v) is 13.1. The van der Waals surface area contributed by atoms with Gasteiger partial charge < -0.3 is 4.74 Å². The lowest BCUT2D eigenvalue weighted by Gasteiger charge is -2.03. The molecule has 3 heteroatoms. The summed E-state index contributed by atoms with van der Waals surface area (Å²) in [6.45, 7) is 3.90. The Balaban J connectivity index is 1.76. The summed E-state index contributed by atoms with van der Waals surface area (Å²) in [6, 6.07) is 4.36. The number of rotatable bonds is 12. The Kier molecular flexibility index (Phi) is 9.93. The molecular formula is C17H26O2S. The first-order valence-electron chi connectivity index (χ1n) is 7.64. The molecule has 2 nitrogen and oxygen atoms in total. The smallest absolute Gasteiger partial charge is 0.330 e. The van der Waals surface area contributed by atoms with Crippen LogP contribution in [-0.4, -0.2) is 12.6 Å². The summed E-state index contributed by atoms with van der Waals surface area (Å²) >= 11 is 1.86. The van der Waals surface area contributed by atoms with E-state index < -0.39 is 0 Å². The van der Waals surface area contributed by atoms with Crippen molar-refractivity contribution in [3.05, 3.63) is 35.0 Å². The number of carbonyl (C=O) groups excluding carboxylic acids is 1. The molecule has 0 spiro atoms. The van der Waals surface area contributed by atoms with Crippen LogP contribution in [0.5, 0.6) is 0 Å². The molecule has 0 amide bonds. The van der Waals surface area contributed by atoms with Gasteiger partial charge in [0.05, 0.1) is 6.61 Å². The quantitative estimate of drug-likeness (QED) is 0.303. The van der Waals surface area contributed by atoms with Crippen molar-refractivity contribution in [2.75, 3.05) is 6.61 Å². The molecule has 0 fully saturated rings. The Morgan fingerprint density at radius 3 is 2.35 bits per heavy atom. The Hall–Kier alpha value is -1.09. The predicted octanol–water partition coefficient (Wildman–Crippen LogP) is 5.14. The number of hydrogen-bond donors (Lipinski definition) is 0. The molecule has 1 heterocycles. The van der Waals surface area contributed by atoms with Crippen molar-refractivity contribution in [2.24, 2.45) is 0 Å². The average Bonchev–Trinajstić information content (AvgIpc) is 2.97. The molecule has 112 valence electrons. The Bertz CT molecular complexity index is 357. The number of ether oxygens (including phenoxy) is 1. The van der Waals surface area contributed by atoms with E-state index >= 15 is 0 Å². The van der Waals surface area contributed by atoms with Crippen molar-refractivity contribution in [1.82, 2.24) is 0 Å². The number of unbranched alkanes of at least 4 members (excludes halogenated alkanes) is 7. The monoisotopic (exact) mass is 294 g/mol. The Morgan fingerprint density at radius 2 is 1.75 bits per heavy atom. The van der Waals surface area contributed by atoms with Crippen LogP contribution in [0.1, 0.15) is 56.2 Å². The van der Waals surface area contributed by atoms with Crippen LogP contribution in [-0.2, 0) is 16.0 Å². The standard InChI is InChI=1S/C17H26O2S/c1-2-17(18)19-14-10-8-6-4-3-5-7-9-12-16-13-11-15-20-16/h2,11,13,15H,1,3-10,12,14H2. The summed E-state index contributed by atoms with van der Waals surface area (Å²) in [6.07, 6.45) is 12.5. The summed E-state index contributed by atoms with van der Waals surface area (Å²) in [7, 11) is 0. The van der Waals surface area contributed by atoms with Crippen LogP contribution in [0.15, 0.2) is 30.2 Å². The third-order valence-electron chi connectivity index (χ3n) is 3.31. The SMILES string of the molecule is C=CC(=O)OCCCCCCCCCCc1cccs1. The molecule has 0 bridgehead atoms. The van der Waals surface area contributed by atoms with Crippen LogP contribution in [0.2, 0.25) is 0 Å². The molecule has 0 saturated carbocycles. The van der Waals surface area contributed by atoms with Gasteiger partial charge in [-0.2, -0.15) is 0 Å². The lowest BCUT2D eigenvalue weighted by molar-refractivity contribution is -0.137. The van der Waals surface area contributed by atoms with Gasteiger partial charge in [-0.25, -0.2) is 4.79 Å². The molecule has 0 atom stereocenters. The molecular weight excluding hydrogens is 268 g/mol. The van der Waals surface area contributed by atoms with Crippen LogP contribution in [0.25, 0.3) is 0 Å². The molecule has 0 aromatic carbocycles. The van der Waals surface area contributed by atoms with E-state index in [0.29, 0.717) is 6.61 Å². The van der Waals surface area contributed by atoms with Crippen LogP contribution >= 0.6 is 11.3 Å². The number of carbonyl (C=O) groups is 1. The second-order valence-electron chi connectivity index (χ2n) is 5.03. The lowest BCUT2D eigenvalue weighted by Crippen LogP contribution is -2.01. The third-order valence-corrected chi connectivity index (χ3v) is 4.24. The molecule has 0 aliphatic carbocycles. The number of aryl methyl sites for hydroxylation is 1. The van der Waals surface area contributed by atoms with Crippen LogP contribution in [0.3, 0.4) is 0 Å². The minimum absolute atomic E-state index is 0.309. The van der Waals surface area contributed by atoms with E-state index in [1.165, 1.54) is 55.9 Å². The number of hydrogen-bond acceptors (Lipinski definition) is 3. The van der Waals surface area contributed by atoms with E-state index in [4.69, 9.17) is 4.74 Å². The van der Waals surface area contributed by atoms with Crippen molar-refractivity contribution >= 4 is 17.3 Å². The fourth-order valence-electron chi connectivity index (χ4n) is 2.15. The van der Waals surface area contributed by atoms with Gasteiger partial charge >= 0.3 is 5.97 Å². The largest absolute Gasteiger partial charge is 0.463 e. The molecule has 0 aliphatic heterocycles. The van der Waals surface area contributed by atoms with Crippen LogP contribution in [0, 0.1) is 0 Å². The minimum atomic E-state index is -0.309. The van der Waals surface area contributed by atoms with E-state index in [1.807, 2.05) is 11.3 Å². The Morgan fingerprint density at radius 1 is 1.10 bits per heavy atom. The molecule has 1 aromatic rings. The van der Waals surface area contributed by atoms with Gasteiger partial charge in [-0.05, 0) is 30.7 Å². The first-order valence-corrected chi connectivity index (χ1v) is 8.52. The number of esters is 1. The molecule has 0 saturated heterocycles. The molecule has 0 N–H and O–H groups in total. The van der Waals surface area contributed by atoms with Gasteiger partial charge in [0.25, 0.3) is 0 Å². The minimum Gasteiger partial charge on any atom is -0.463 e. The summed E-state index contributed by atoms with van der Waals surface area (Å²) in [5.74, 6) is -0.309. The topological polar surface area (TPSA) is 26.3 Å². The van der Waals surface area contributed by atoms with E-state index in [-0.39, 0.29) is 5.97 Å². The van der Waals surface area contributed by atoms with Gasteiger partial charge in [0, 0.05) is 11.0 Å². The maximum atomic E-state index is 10.8. The zero-order valence-electron chi connectivity index (χ0n) is 12.3. The van der Waals surface area contributed by atoms with Gasteiger partial charge in [-0.15, -0.1) is 11.3 Å². The van der Waals surface area contributed by atoms with Gasteiger partial charge in [0.1, 0.15) is 0 Å². The fraction of sp³-hybridized carbons (Fsp3) is 0.588. The van der Waals surface area contributed by atoms with E-state index in [1.54, 1.807) is 0 Å². The normalized spacial score (nSPS) is 10.4. The molecule has 20 heavy (non-hydrogen) atoms. The second-order valence-corrected chi connectivity index (χ2v) is 6.06. The van der Waals surface area contributed by atoms with E-state index in [2.05, 4.69) is 24.1 Å². The summed E-state index contributed by atoms with van der Waals surface area (Å²) in [5, 5.41) is 2.15. The highest BCUT2D eigenvalue weighted by molar-refractivity contribution is 7.09. The third kappa shape index (κ3) is 8.92. The molecule has 0 radical (unpaired) electrons. The van der Waals surface area contributed by atoms with E-state index in [9.17, 15) is 4.79 Å². The van der Waals surface area contributed by atoms with Crippen molar-refractivity contribution in [3.63, 3.8) is 0 Å². The van der Waals surface area contributed by atoms with Crippen LogP contribution < -0.4 is 0 Å². The van der Waals surface area contributed by atoms with Crippen molar-refractivity contribution in [3.8, 4) is 0 Å². The van der Waals surface area contributed by atoms with Crippen molar-refractivity contribution in [1.29, 1.82) is 0 Å². The maximum Gasteiger partial charge on any atom is 0.330 e. The van der Waals surface area contributed by atoms with Gasteiger partial charge in [-0.1, -0.05) is 51.2 Å². The summed E-state index contributed by atoms with van der Waals surface area (Å²) in [4.78, 5) is 12.3. The maximum absolute atomic E-state index is 10.8. The van der Waals surface area contributed by atoms with Crippen LogP contribution in [0.4, 0.5) is 0 Å². The van der Waals surface area contributed by atoms with Gasteiger partial charge in [-0.3, -0.25) is 0 Å². The average molecular weight is 294 g/mol. The molecule has 1 rings (SSSR count). The molecule has 0 unspecified atom stereocenters. The van der Waals surface area contributed by atoms with Gasteiger partial charge in [0.2, 0.25) is 0 Å². The summed E-state index contributed by atoms with van der Waals surface area (Å²) < 4.78 is 4.93. The van der Waals surface area contributed by atoms with Crippen molar-refractivity contribution in [2.45, 2.75) is 57.8 Å². The molecule has 0 aliphatic rings. The first kappa shape index (κ1) is 17.0. The van der Waals surface area contributed by atoms with E-state index in [0.717, 1.165) is 12.8 Å². The summed E-state index contributed by atoms with van der Waals surface area (Å²) in [5.41, 5.74) is 0. The fourth-order valence-corrected chi connectivity index (χ4v) is 2.90. The highest BCUT2D eigenvalue weighted by Crippen LogP contribution is 2.14. The number of thiophene rings is 1. The first-order chi connectivity index (χ1) is 9.83. The highest BCUT2D eigenvalue weighted by Gasteiger charge is 1.97. The lowest BCUT2D eigenvalue weighted by atomic mass is 10.1. The highest BCUT2D eigenvalue weighted by atomic mass is 32.1. The predicted molar refractivity (Wildman–Crippen MR) is 86.1 cm³/mol. The molecule has 1 aromatic heterocycles. The van der Waals surface area contributed by atoms with Gasteiger partial charge in [0.15, 0.2) is 0 Å².